The van der Waals surface area contributed by atoms with E-state index in [0.717, 1.165) is 19.1 Å². The molecule has 1 unspecified atom stereocenters. The summed E-state index contributed by atoms with van der Waals surface area (Å²) in [6.07, 6.45) is 8.03. The van der Waals surface area contributed by atoms with Crippen LogP contribution in [0.15, 0.2) is 0 Å². The smallest absolute Gasteiger partial charge is 0.0628 e. The molecule has 0 aromatic heterocycles. The summed E-state index contributed by atoms with van der Waals surface area (Å²) in [4.78, 5) is 2.60. The summed E-state index contributed by atoms with van der Waals surface area (Å²) < 4.78 is 0. The third-order valence-electron chi connectivity index (χ3n) is 4.87. The maximum Gasteiger partial charge on any atom is 0.0628 e. The second-order valence-electron chi connectivity index (χ2n) is 5.84. The van der Waals surface area contributed by atoms with Crippen LogP contribution in [-0.2, 0) is 0 Å². The lowest BCUT2D eigenvalue weighted by molar-refractivity contribution is 0.0788. The monoisotopic (exact) mass is 240 g/mol. The van der Waals surface area contributed by atoms with E-state index in [9.17, 15) is 5.11 Å². The largest absolute Gasteiger partial charge is 0.394 e. The number of hydrogen-bond acceptors (Lipinski definition) is 3. The molecule has 0 radical (unpaired) electrons. The van der Waals surface area contributed by atoms with Gasteiger partial charge in [0.1, 0.15) is 0 Å². The maximum atomic E-state index is 9.79. The van der Waals surface area contributed by atoms with E-state index in [1.165, 1.54) is 38.5 Å². The highest BCUT2D eigenvalue weighted by molar-refractivity contribution is 5.02. The van der Waals surface area contributed by atoms with E-state index >= 15 is 0 Å². The molecule has 17 heavy (non-hydrogen) atoms. The number of rotatable bonds is 7. The lowest BCUT2D eigenvalue weighted by Gasteiger charge is -2.39. The Kier molecular flexibility index (Phi) is 4.45. The topological polar surface area (TPSA) is 35.5 Å². The van der Waals surface area contributed by atoms with Crippen molar-refractivity contribution in [3.63, 3.8) is 0 Å². The predicted octanol–water partition coefficient (Wildman–Crippen LogP) is 1.61. The molecule has 0 saturated heterocycles. The molecule has 0 spiro atoms. The minimum absolute atomic E-state index is 0.0431. The van der Waals surface area contributed by atoms with Crippen molar-refractivity contribution in [2.24, 2.45) is 5.92 Å². The molecule has 2 saturated carbocycles. The van der Waals surface area contributed by atoms with Crippen LogP contribution in [0.2, 0.25) is 0 Å². The van der Waals surface area contributed by atoms with Crippen LogP contribution in [0.4, 0.5) is 0 Å². The molecule has 2 aliphatic carbocycles. The van der Waals surface area contributed by atoms with Crippen molar-refractivity contribution < 1.29 is 5.11 Å². The van der Waals surface area contributed by atoms with Gasteiger partial charge in [0.05, 0.1) is 12.1 Å². The van der Waals surface area contributed by atoms with Crippen molar-refractivity contribution in [1.29, 1.82) is 0 Å². The highest BCUT2D eigenvalue weighted by Gasteiger charge is 2.45. The van der Waals surface area contributed by atoms with Gasteiger partial charge >= 0.3 is 0 Å². The number of nitrogens with one attached hydrogen (secondary N) is 1. The quantitative estimate of drug-likeness (QED) is 0.710. The highest BCUT2D eigenvalue weighted by Crippen LogP contribution is 2.40. The van der Waals surface area contributed by atoms with Gasteiger partial charge in [0, 0.05) is 12.6 Å². The van der Waals surface area contributed by atoms with Crippen molar-refractivity contribution in [2.75, 3.05) is 26.7 Å². The number of aliphatic hydroxyl groups excluding tert-OH is 1. The van der Waals surface area contributed by atoms with Gasteiger partial charge in [0.2, 0.25) is 0 Å². The van der Waals surface area contributed by atoms with Crippen molar-refractivity contribution in [1.82, 2.24) is 10.2 Å². The predicted molar refractivity (Wildman–Crippen MR) is 71.1 cm³/mol. The molecule has 3 heteroatoms. The molecule has 0 aliphatic heterocycles. The van der Waals surface area contributed by atoms with E-state index in [1.54, 1.807) is 0 Å². The highest BCUT2D eigenvalue weighted by atomic mass is 16.3. The van der Waals surface area contributed by atoms with Crippen LogP contribution in [0.3, 0.4) is 0 Å². The third-order valence-corrected chi connectivity index (χ3v) is 4.87. The number of likely N-dealkylation sites (N-methyl/N-ethyl adjacent to an activating group) is 2. The average Bonchev–Trinajstić information content (AvgIpc) is 3.08. The number of aliphatic hydroxyl groups is 1. The summed E-state index contributed by atoms with van der Waals surface area (Å²) in [5.41, 5.74) is -0.0431. The zero-order valence-corrected chi connectivity index (χ0v) is 11.4. The standard InChI is InChI=1S/C14H28N2O/c1-3-16(13-6-4-5-7-13)10-14(11-17,15-2)12-8-9-12/h12-13,15,17H,3-11H2,1-2H3. The Bertz CT molecular complexity index is 230. The average molecular weight is 240 g/mol. The van der Waals surface area contributed by atoms with Crippen LogP contribution in [-0.4, -0.2) is 48.3 Å². The third kappa shape index (κ3) is 2.83. The lowest BCUT2D eigenvalue weighted by Crippen LogP contribution is -2.58. The molecule has 0 aromatic rings. The fraction of sp³-hybridized carbons (Fsp3) is 1.00. The first kappa shape index (κ1) is 13.3. The molecule has 2 N–H and O–H groups in total. The van der Waals surface area contributed by atoms with Crippen molar-refractivity contribution in [3.05, 3.63) is 0 Å². The summed E-state index contributed by atoms with van der Waals surface area (Å²) in [7, 11) is 2.01. The van der Waals surface area contributed by atoms with E-state index < -0.39 is 0 Å². The van der Waals surface area contributed by atoms with Gasteiger partial charge in [0.15, 0.2) is 0 Å². The Morgan fingerprint density at radius 1 is 1.24 bits per heavy atom. The Morgan fingerprint density at radius 2 is 1.88 bits per heavy atom. The molecular formula is C14H28N2O. The van der Waals surface area contributed by atoms with Crippen LogP contribution in [0, 0.1) is 5.92 Å². The lowest BCUT2D eigenvalue weighted by atomic mass is 9.92. The van der Waals surface area contributed by atoms with Crippen molar-refractivity contribution in [2.45, 2.75) is 57.0 Å². The van der Waals surface area contributed by atoms with E-state index in [2.05, 4.69) is 17.1 Å². The van der Waals surface area contributed by atoms with Gasteiger partial charge in [-0.1, -0.05) is 19.8 Å². The minimum atomic E-state index is -0.0431. The van der Waals surface area contributed by atoms with Crippen LogP contribution in [0.1, 0.15) is 45.4 Å². The Balaban J connectivity index is 1.99. The molecule has 3 nitrogen and oxygen atoms in total. The van der Waals surface area contributed by atoms with E-state index in [1.807, 2.05) is 7.05 Å². The van der Waals surface area contributed by atoms with Crippen LogP contribution in [0.5, 0.6) is 0 Å². The molecule has 1 atom stereocenters. The van der Waals surface area contributed by atoms with Gasteiger partial charge in [-0.05, 0) is 45.2 Å². The van der Waals surface area contributed by atoms with Gasteiger partial charge in [-0.3, -0.25) is 4.90 Å². The SMILES string of the molecule is CCN(CC(CO)(NC)C1CC1)C1CCCC1. The Hall–Kier alpha value is -0.120. The Morgan fingerprint density at radius 3 is 2.29 bits per heavy atom. The molecule has 0 heterocycles. The van der Waals surface area contributed by atoms with Crippen molar-refractivity contribution >= 4 is 0 Å². The van der Waals surface area contributed by atoms with Crippen LogP contribution >= 0.6 is 0 Å². The van der Waals surface area contributed by atoms with Crippen LogP contribution < -0.4 is 5.32 Å². The summed E-state index contributed by atoms with van der Waals surface area (Å²) in [6, 6.07) is 0.762. The van der Waals surface area contributed by atoms with Gasteiger partial charge in [-0.25, -0.2) is 0 Å². The fourth-order valence-electron chi connectivity index (χ4n) is 3.44. The first-order valence-electron chi connectivity index (χ1n) is 7.29. The molecule has 0 aromatic carbocycles. The summed E-state index contributed by atoms with van der Waals surface area (Å²) in [5.74, 6) is 0.688. The maximum absolute atomic E-state index is 9.79. The first-order chi connectivity index (χ1) is 8.25. The molecule has 2 aliphatic rings. The minimum Gasteiger partial charge on any atom is -0.394 e. The molecule has 0 amide bonds. The Labute approximate surface area is 106 Å². The van der Waals surface area contributed by atoms with Gasteiger partial charge in [0.25, 0.3) is 0 Å². The summed E-state index contributed by atoms with van der Waals surface area (Å²) >= 11 is 0. The second-order valence-corrected chi connectivity index (χ2v) is 5.84. The molecule has 0 bridgehead atoms. The zero-order valence-electron chi connectivity index (χ0n) is 11.4. The van der Waals surface area contributed by atoms with Gasteiger partial charge in [-0.15, -0.1) is 0 Å². The zero-order chi connectivity index (χ0) is 12.3. The van der Waals surface area contributed by atoms with Gasteiger partial charge < -0.3 is 10.4 Å². The van der Waals surface area contributed by atoms with E-state index in [-0.39, 0.29) is 12.1 Å². The fourth-order valence-corrected chi connectivity index (χ4v) is 3.44. The van der Waals surface area contributed by atoms with Crippen molar-refractivity contribution in [3.8, 4) is 0 Å². The first-order valence-corrected chi connectivity index (χ1v) is 7.29. The molecule has 100 valence electrons. The van der Waals surface area contributed by atoms with Gasteiger partial charge in [-0.2, -0.15) is 0 Å². The number of hydrogen-bond donors (Lipinski definition) is 2. The number of nitrogens with zero attached hydrogens (tertiary/aromatic N) is 1. The molecular weight excluding hydrogens is 212 g/mol. The normalized spacial score (nSPS) is 25.4. The van der Waals surface area contributed by atoms with E-state index in [0.29, 0.717) is 5.92 Å². The molecule has 2 fully saturated rings. The summed E-state index contributed by atoms with van der Waals surface area (Å²) in [5, 5.41) is 13.2. The van der Waals surface area contributed by atoms with Crippen LogP contribution in [0.25, 0.3) is 0 Å². The summed E-state index contributed by atoms with van der Waals surface area (Å²) in [6.45, 7) is 4.66. The second kappa shape index (κ2) is 5.68. The molecule has 2 rings (SSSR count). The van der Waals surface area contributed by atoms with E-state index in [4.69, 9.17) is 0 Å².